The van der Waals surface area contributed by atoms with E-state index < -0.39 is 17.7 Å². The highest BCUT2D eigenvalue weighted by Gasteiger charge is 2.14. The molecule has 0 aliphatic heterocycles. The van der Waals surface area contributed by atoms with E-state index in [4.69, 9.17) is 10.2 Å². The van der Waals surface area contributed by atoms with E-state index in [0.717, 1.165) is 6.07 Å². The van der Waals surface area contributed by atoms with E-state index in [-0.39, 0.29) is 5.56 Å². The van der Waals surface area contributed by atoms with Gasteiger partial charge in [-0.15, -0.1) is 10.2 Å². The van der Waals surface area contributed by atoms with Gasteiger partial charge in [-0.3, -0.25) is 0 Å². The number of nitrogens with two attached hydrogens (primary N) is 1. The second-order valence-corrected chi connectivity index (χ2v) is 4.64. The van der Waals surface area contributed by atoms with Gasteiger partial charge in [-0.1, -0.05) is 17.8 Å². The molecule has 0 aliphatic carbocycles. The van der Waals surface area contributed by atoms with Gasteiger partial charge < -0.3 is 10.2 Å². The van der Waals surface area contributed by atoms with Gasteiger partial charge in [0.1, 0.15) is 11.6 Å². The summed E-state index contributed by atoms with van der Waals surface area (Å²) >= 11 is 1.23. The highest BCUT2D eigenvalue weighted by atomic mass is 32.2. The molecular formula is C11H11F2N3OS. The molecule has 4 nitrogen and oxygen atoms in total. The molecule has 2 rings (SSSR count). The highest BCUT2D eigenvalue weighted by Crippen LogP contribution is 2.24. The van der Waals surface area contributed by atoms with Crippen molar-refractivity contribution >= 4 is 11.8 Å². The minimum Gasteiger partial charge on any atom is -0.416 e. The van der Waals surface area contributed by atoms with Crippen LogP contribution in [-0.4, -0.2) is 16.0 Å². The van der Waals surface area contributed by atoms with Gasteiger partial charge in [0, 0.05) is 30.3 Å². The molecule has 1 unspecified atom stereocenters. The van der Waals surface area contributed by atoms with E-state index >= 15 is 0 Å². The number of hydrogen-bond acceptors (Lipinski definition) is 5. The summed E-state index contributed by atoms with van der Waals surface area (Å²) in [6.45, 7) is 1.68. The number of aromatic nitrogens is 2. The molecule has 1 aromatic carbocycles. The van der Waals surface area contributed by atoms with Crippen LogP contribution in [0.4, 0.5) is 8.78 Å². The molecule has 7 heteroatoms. The quantitative estimate of drug-likeness (QED) is 0.865. The van der Waals surface area contributed by atoms with Crippen molar-refractivity contribution in [3.8, 4) is 0 Å². The lowest BCUT2D eigenvalue weighted by Gasteiger charge is -2.11. The van der Waals surface area contributed by atoms with Crippen LogP contribution in [-0.2, 0) is 0 Å². The van der Waals surface area contributed by atoms with E-state index in [1.165, 1.54) is 23.9 Å². The summed E-state index contributed by atoms with van der Waals surface area (Å²) < 4.78 is 31.3. The number of hydrogen-bond donors (Lipinski definition) is 1. The average molecular weight is 271 g/mol. The summed E-state index contributed by atoms with van der Waals surface area (Å²) in [5.74, 6) is -0.447. The minimum atomic E-state index is -0.648. The highest BCUT2D eigenvalue weighted by molar-refractivity contribution is 7.99. The van der Waals surface area contributed by atoms with Crippen molar-refractivity contribution in [3.05, 3.63) is 41.3 Å². The van der Waals surface area contributed by atoms with Crippen molar-refractivity contribution in [1.82, 2.24) is 10.2 Å². The lowest BCUT2D eigenvalue weighted by molar-refractivity contribution is 0.429. The predicted octanol–water partition coefficient (Wildman–Crippen LogP) is 2.45. The minimum absolute atomic E-state index is 0.264. The van der Waals surface area contributed by atoms with Gasteiger partial charge in [0.2, 0.25) is 5.89 Å². The first-order valence-corrected chi connectivity index (χ1v) is 6.18. The van der Waals surface area contributed by atoms with Crippen LogP contribution in [0.25, 0.3) is 0 Å². The fraction of sp³-hybridized carbons (Fsp3) is 0.273. The molecule has 1 aromatic heterocycles. The molecule has 2 N–H and O–H groups in total. The van der Waals surface area contributed by atoms with Crippen molar-refractivity contribution in [2.45, 2.75) is 18.2 Å². The molecule has 0 bridgehead atoms. The molecule has 2 aromatic rings. The number of halogens is 2. The second-order valence-electron chi connectivity index (χ2n) is 3.67. The first-order valence-electron chi connectivity index (χ1n) is 5.19. The summed E-state index contributed by atoms with van der Waals surface area (Å²) in [5.41, 5.74) is 6.09. The van der Waals surface area contributed by atoms with Crippen molar-refractivity contribution in [3.63, 3.8) is 0 Å². The molecule has 0 amide bonds. The monoisotopic (exact) mass is 271 g/mol. The molecule has 0 radical (unpaired) electrons. The summed E-state index contributed by atoms with van der Waals surface area (Å²) in [6, 6.07) is 2.77. The number of nitrogens with zero attached hydrogens (tertiary/aromatic N) is 2. The normalized spacial score (nSPS) is 12.7. The Balaban J connectivity index is 2.01. The fourth-order valence-electron chi connectivity index (χ4n) is 1.39. The zero-order valence-corrected chi connectivity index (χ0v) is 10.4. The molecular weight excluding hydrogens is 260 g/mol. The predicted molar refractivity (Wildman–Crippen MR) is 63.0 cm³/mol. The second kappa shape index (κ2) is 5.45. The molecule has 0 spiro atoms. The average Bonchev–Trinajstić information content (AvgIpc) is 2.72. The van der Waals surface area contributed by atoms with Crippen LogP contribution < -0.4 is 5.73 Å². The number of rotatable bonds is 4. The van der Waals surface area contributed by atoms with Crippen molar-refractivity contribution in [2.75, 3.05) is 5.75 Å². The van der Waals surface area contributed by atoms with Crippen LogP contribution in [0.5, 0.6) is 0 Å². The van der Waals surface area contributed by atoms with Crippen LogP contribution in [0.2, 0.25) is 0 Å². The lowest BCUT2D eigenvalue weighted by atomic mass is 10.1. The number of aryl methyl sites for hydroxylation is 1. The zero-order chi connectivity index (χ0) is 13.1. The first-order chi connectivity index (χ1) is 8.56. The maximum Gasteiger partial charge on any atom is 0.276 e. The van der Waals surface area contributed by atoms with Crippen LogP contribution in [0.3, 0.4) is 0 Å². The molecule has 0 saturated carbocycles. The molecule has 96 valence electrons. The molecule has 0 saturated heterocycles. The first kappa shape index (κ1) is 13.0. The van der Waals surface area contributed by atoms with Gasteiger partial charge in [-0.2, -0.15) is 0 Å². The van der Waals surface area contributed by atoms with E-state index in [1.807, 2.05) is 0 Å². The van der Waals surface area contributed by atoms with Crippen molar-refractivity contribution < 1.29 is 13.2 Å². The summed E-state index contributed by atoms with van der Waals surface area (Å²) in [6.07, 6.45) is 0. The Kier molecular flexibility index (Phi) is 3.93. The molecule has 18 heavy (non-hydrogen) atoms. The van der Waals surface area contributed by atoms with E-state index in [0.29, 0.717) is 16.9 Å². The van der Waals surface area contributed by atoms with Crippen LogP contribution in [0.1, 0.15) is 17.5 Å². The van der Waals surface area contributed by atoms with E-state index in [9.17, 15) is 8.78 Å². The maximum atomic E-state index is 13.5. The van der Waals surface area contributed by atoms with Gasteiger partial charge in [0.25, 0.3) is 5.22 Å². The van der Waals surface area contributed by atoms with Gasteiger partial charge in [-0.25, -0.2) is 8.78 Å². The lowest BCUT2D eigenvalue weighted by Crippen LogP contribution is -2.14. The fourth-order valence-corrected chi connectivity index (χ4v) is 2.17. The molecule has 0 aliphatic rings. The summed E-state index contributed by atoms with van der Waals surface area (Å²) in [4.78, 5) is 0. The largest absolute Gasteiger partial charge is 0.416 e. The number of benzene rings is 1. The zero-order valence-electron chi connectivity index (χ0n) is 9.56. The van der Waals surface area contributed by atoms with E-state index in [1.54, 1.807) is 6.92 Å². The number of thioether (sulfide) groups is 1. The standard InChI is InChI=1S/C11H11F2N3OS/c1-6-15-16-11(17-6)18-5-10(14)8-3-2-7(12)4-9(8)13/h2-4,10H,5,14H2,1H3. The van der Waals surface area contributed by atoms with Crippen LogP contribution in [0.15, 0.2) is 27.8 Å². The van der Waals surface area contributed by atoms with Crippen LogP contribution >= 0.6 is 11.8 Å². The Morgan fingerprint density at radius 3 is 2.78 bits per heavy atom. The third-order valence-electron chi connectivity index (χ3n) is 2.26. The molecule has 0 fully saturated rings. The summed E-state index contributed by atoms with van der Waals surface area (Å²) in [7, 11) is 0. The Labute approximate surface area is 107 Å². The Morgan fingerprint density at radius 1 is 1.39 bits per heavy atom. The third kappa shape index (κ3) is 3.05. The smallest absolute Gasteiger partial charge is 0.276 e. The SMILES string of the molecule is Cc1nnc(SCC(N)c2ccc(F)cc2F)o1. The van der Waals surface area contributed by atoms with Crippen molar-refractivity contribution in [2.24, 2.45) is 5.73 Å². The third-order valence-corrected chi connectivity index (χ3v) is 3.19. The van der Waals surface area contributed by atoms with Gasteiger partial charge >= 0.3 is 0 Å². The van der Waals surface area contributed by atoms with Crippen molar-refractivity contribution in [1.29, 1.82) is 0 Å². The Bertz CT molecular complexity index is 547. The Hall–Kier alpha value is -1.47. The van der Waals surface area contributed by atoms with Gasteiger partial charge in [0.05, 0.1) is 0 Å². The molecule has 1 heterocycles. The van der Waals surface area contributed by atoms with Gasteiger partial charge in [-0.05, 0) is 6.07 Å². The maximum absolute atomic E-state index is 13.5. The van der Waals surface area contributed by atoms with Crippen LogP contribution in [0, 0.1) is 18.6 Å². The Morgan fingerprint density at radius 2 is 2.17 bits per heavy atom. The summed E-state index contributed by atoms with van der Waals surface area (Å²) in [5, 5.41) is 7.83. The van der Waals surface area contributed by atoms with Gasteiger partial charge in [0.15, 0.2) is 0 Å². The van der Waals surface area contributed by atoms with E-state index in [2.05, 4.69) is 10.2 Å². The topological polar surface area (TPSA) is 64.9 Å². The molecule has 1 atom stereocenters.